The molecule has 0 spiro atoms. The van der Waals surface area contributed by atoms with E-state index in [1.54, 1.807) is 37.3 Å². The fraction of sp³-hybridized carbons (Fsp3) is 0.0667. The van der Waals surface area contributed by atoms with Gasteiger partial charge in [-0.05, 0) is 29.8 Å². The zero-order valence-electron chi connectivity index (χ0n) is 20.7. The minimum atomic E-state index is -0.746. The molecule has 0 amide bonds. The summed E-state index contributed by atoms with van der Waals surface area (Å²) in [6, 6.07) is 17.8. The van der Waals surface area contributed by atoms with Crippen LogP contribution in [0.4, 0.5) is 5.69 Å². The number of benzene rings is 1. The molecule has 39 heavy (non-hydrogen) atoms. The summed E-state index contributed by atoms with van der Waals surface area (Å²) in [5.74, 6) is 0. The van der Waals surface area contributed by atoms with E-state index in [2.05, 4.69) is 41.5 Å². The minimum absolute atomic E-state index is 0.482. The first-order valence-electron chi connectivity index (χ1n) is 12.5. The quantitative estimate of drug-likeness (QED) is 0.198. The molecule has 0 aliphatic heterocycles. The minimum Gasteiger partial charge on any atom is -0.472 e. The highest BCUT2D eigenvalue weighted by Crippen LogP contribution is 2.34. The van der Waals surface area contributed by atoms with E-state index < -0.39 is 6.23 Å². The van der Waals surface area contributed by atoms with Crippen LogP contribution in [0.15, 0.2) is 103 Å². The number of hydrogen-bond acceptors (Lipinski definition) is 7. The number of fused-ring (bicyclic) bond motifs is 2. The Morgan fingerprint density at radius 3 is 2.64 bits per heavy atom. The zero-order valence-corrected chi connectivity index (χ0v) is 20.7. The van der Waals surface area contributed by atoms with Gasteiger partial charge in [0.15, 0.2) is 0 Å². The molecule has 9 heteroatoms. The average Bonchev–Trinajstić information content (AvgIpc) is 3.73. The number of pyridine rings is 3. The van der Waals surface area contributed by atoms with Crippen molar-refractivity contribution in [3.8, 4) is 33.8 Å². The molecule has 7 aromatic rings. The number of hydrogen-bond donors (Lipinski definition) is 4. The van der Waals surface area contributed by atoms with E-state index in [1.807, 2.05) is 54.7 Å². The van der Waals surface area contributed by atoms with E-state index in [1.165, 1.54) is 0 Å². The summed E-state index contributed by atoms with van der Waals surface area (Å²) in [6.45, 7) is 0. The van der Waals surface area contributed by atoms with Gasteiger partial charge in [0.1, 0.15) is 11.9 Å². The van der Waals surface area contributed by atoms with Crippen molar-refractivity contribution in [1.82, 2.24) is 30.1 Å². The SMILES string of the molecule is OC(Cc1ccccc1)Nc1cncc(-c2cc3c(-c4cc5c(-c6ccoc6)cncc5[nH]4)n[nH]c3cn2)c1. The number of nitrogens with one attached hydrogen (secondary N) is 3. The number of rotatable bonds is 7. The van der Waals surface area contributed by atoms with Gasteiger partial charge >= 0.3 is 0 Å². The fourth-order valence-corrected chi connectivity index (χ4v) is 4.85. The van der Waals surface area contributed by atoms with Crippen molar-refractivity contribution in [3.05, 3.63) is 104 Å². The third-order valence-corrected chi connectivity index (χ3v) is 6.72. The largest absolute Gasteiger partial charge is 0.472 e. The van der Waals surface area contributed by atoms with Crippen LogP contribution in [0, 0.1) is 0 Å². The van der Waals surface area contributed by atoms with Crippen LogP contribution in [0.25, 0.3) is 55.6 Å². The Kier molecular flexibility index (Phi) is 5.60. The van der Waals surface area contributed by atoms with E-state index in [9.17, 15) is 5.11 Å². The molecule has 7 rings (SSSR count). The molecule has 9 nitrogen and oxygen atoms in total. The summed E-state index contributed by atoms with van der Waals surface area (Å²) in [5.41, 5.74) is 8.65. The maximum Gasteiger partial charge on any atom is 0.128 e. The lowest BCUT2D eigenvalue weighted by Gasteiger charge is -2.14. The molecule has 0 radical (unpaired) electrons. The Morgan fingerprint density at radius 2 is 1.77 bits per heavy atom. The molecule has 0 saturated heterocycles. The van der Waals surface area contributed by atoms with Crippen molar-refractivity contribution in [1.29, 1.82) is 0 Å². The summed E-state index contributed by atoms with van der Waals surface area (Å²) in [7, 11) is 0. The lowest BCUT2D eigenvalue weighted by molar-refractivity contribution is 0.204. The van der Waals surface area contributed by atoms with Crippen molar-refractivity contribution in [3.63, 3.8) is 0 Å². The molecule has 0 saturated carbocycles. The Morgan fingerprint density at radius 1 is 0.872 bits per heavy atom. The van der Waals surface area contributed by atoms with Gasteiger partial charge in [0.2, 0.25) is 0 Å². The Bertz CT molecular complexity index is 1890. The van der Waals surface area contributed by atoms with Gasteiger partial charge in [-0.1, -0.05) is 30.3 Å². The number of furan rings is 1. The van der Waals surface area contributed by atoms with E-state index in [0.717, 1.165) is 61.1 Å². The monoisotopic (exact) mass is 513 g/mol. The van der Waals surface area contributed by atoms with Crippen molar-refractivity contribution < 1.29 is 9.52 Å². The number of aromatic amines is 2. The zero-order chi connectivity index (χ0) is 26.2. The van der Waals surface area contributed by atoms with Crippen LogP contribution in [0.5, 0.6) is 0 Å². The first-order valence-corrected chi connectivity index (χ1v) is 12.5. The van der Waals surface area contributed by atoms with Gasteiger partial charge in [-0.15, -0.1) is 0 Å². The molecule has 6 aromatic heterocycles. The lowest BCUT2D eigenvalue weighted by atomic mass is 10.1. The molecule has 6 heterocycles. The van der Waals surface area contributed by atoms with Gasteiger partial charge in [0, 0.05) is 46.3 Å². The second kappa shape index (κ2) is 9.55. The second-order valence-corrected chi connectivity index (χ2v) is 9.34. The molecule has 1 aromatic carbocycles. The molecule has 4 N–H and O–H groups in total. The first-order chi connectivity index (χ1) is 19.2. The highest BCUT2D eigenvalue weighted by molar-refractivity contribution is 6.01. The number of nitrogens with zero attached hydrogens (tertiary/aromatic N) is 4. The highest BCUT2D eigenvalue weighted by Gasteiger charge is 2.16. The summed E-state index contributed by atoms with van der Waals surface area (Å²) in [5, 5.41) is 23.3. The molecule has 0 aliphatic rings. The molecule has 0 fully saturated rings. The van der Waals surface area contributed by atoms with Crippen LogP contribution >= 0.6 is 0 Å². The first kappa shape index (κ1) is 22.9. The van der Waals surface area contributed by atoms with E-state index in [4.69, 9.17) is 4.42 Å². The molecular formula is C30H23N7O2. The molecule has 1 atom stereocenters. The maximum atomic E-state index is 10.6. The van der Waals surface area contributed by atoms with Gasteiger partial charge < -0.3 is 19.8 Å². The summed E-state index contributed by atoms with van der Waals surface area (Å²) < 4.78 is 5.28. The van der Waals surface area contributed by atoms with Crippen molar-refractivity contribution in [2.75, 3.05) is 5.32 Å². The van der Waals surface area contributed by atoms with Gasteiger partial charge in [-0.25, -0.2) is 0 Å². The predicted octanol–water partition coefficient (Wildman–Crippen LogP) is 5.80. The van der Waals surface area contributed by atoms with Crippen LogP contribution in [-0.2, 0) is 6.42 Å². The normalized spacial score (nSPS) is 12.2. The Hall–Kier alpha value is -5.28. The number of aliphatic hydroxyl groups is 1. The third-order valence-electron chi connectivity index (χ3n) is 6.72. The van der Waals surface area contributed by atoms with Crippen LogP contribution in [-0.4, -0.2) is 41.5 Å². The standard InChI is InChI=1S/C30H23N7O2/c38-29(8-18-4-2-1-3-5-18)34-21-9-20(12-31-13-21)25-11-23-28(16-33-25)36-37-30(23)26-10-22-24(19-6-7-39-17-19)14-32-15-27(22)35-26/h1-7,9-17,29,34-35,38H,8H2,(H,36,37). The molecule has 0 bridgehead atoms. The Balaban J connectivity index is 1.21. The van der Waals surface area contributed by atoms with Crippen LogP contribution in [0.3, 0.4) is 0 Å². The second-order valence-electron chi connectivity index (χ2n) is 9.34. The molecule has 1 unspecified atom stereocenters. The summed E-state index contributed by atoms with van der Waals surface area (Å²) in [4.78, 5) is 16.9. The topological polar surface area (TPSA) is 129 Å². The fourth-order valence-electron chi connectivity index (χ4n) is 4.85. The van der Waals surface area contributed by atoms with Crippen molar-refractivity contribution in [2.24, 2.45) is 0 Å². The summed E-state index contributed by atoms with van der Waals surface area (Å²) >= 11 is 0. The smallest absolute Gasteiger partial charge is 0.128 e. The molecular weight excluding hydrogens is 490 g/mol. The van der Waals surface area contributed by atoms with Crippen molar-refractivity contribution >= 4 is 27.5 Å². The number of H-pyrrole nitrogens is 2. The highest BCUT2D eigenvalue weighted by atomic mass is 16.3. The van der Waals surface area contributed by atoms with Gasteiger partial charge in [0.05, 0.1) is 59.2 Å². The van der Waals surface area contributed by atoms with Crippen molar-refractivity contribution in [2.45, 2.75) is 12.6 Å². The third kappa shape index (κ3) is 4.41. The van der Waals surface area contributed by atoms with Gasteiger partial charge in [-0.3, -0.25) is 20.1 Å². The molecule has 190 valence electrons. The lowest BCUT2D eigenvalue weighted by Crippen LogP contribution is -2.21. The maximum absolute atomic E-state index is 10.6. The van der Waals surface area contributed by atoms with Gasteiger partial charge in [0.25, 0.3) is 0 Å². The van der Waals surface area contributed by atoms with E-state index in [0.29, 0.717) is 12.1 Å². The number of aliphatic hydroxyl groups excluding tert-OH is 1. The van der Waals surface area contributed by atoms with Crippen LogP contribution in [0.1, 0.15) is 5.56 Å². The number of anilines is 1. The van der Waals surface area contributed by atoms with Crippen LogP contribution < -0.4 is 5.32 Å². The molecule has 0 aliphatic carbocycles. The van der Waals surface area contributed by atoms with E-state index >= 15 is 0 Å². The van der Waals surface area contributed by atoms with Crippen LogP contribution in [0.2, 0.25) is 0 Å². The predicted molar refractivity (Wildman–Crippen MR) is 150 cm³/mol. The Labute approximate surface area is 222 Å². The summed E-state index contributed by atoms with van der Waals surface area (Å²) in [6.07, 6.45) is 12.0. The number of aromatic nitrogens is 6. The van der Waals surface area contributed by atoms with Gasteiger partial charge in [-0.2, -0.15) is 5.10 Å². The average molecular weight is 514 g/mol. The van der Waals surface area contributed by atoms with E-state index in [-0.39, 0.29) is 0 Å².